The summed E-state index contributed by atoms with van der Waals surface area (Å²) < 4.78 is 10.9. The first-order valence-corrected chi connectivity index (χ1v) is 9.92. The average molecular weight is 438 g/mol. The van der Waals surface area contributed by atoms with Crippen LogP contribution >= 0.6 is 0 Å². The molecule has 2 atom stereocenters. The highest BCUT2D eigenvalue weighted by Gasteiger charge is 2.35. The molecule has 0 radical (unpaired) electrons. The van der Waals surface area contributed by atoms with E-state index in [2.05, 4.69) is 10.2 Å². The number of esters is 2. The molecule has 0 aliphatic heterocycles. The maximum absolute atomic E-state index is 11.8. The third-order valence-corrected chi connectivity index (χ3v) is 4.77. The van der Waals surface area contributed by atoms with Gasteiger partial charge in [0.25, 0.3) is 0 Å². The second-order valence-electron chi connectivity index (χ2n) is 7.62. The molecule has 8 nitrogen and oxygen atoms in total. The Hall–Kier alpha value is -3.68. The molecule has 2 aromatic carbocycles. The van der Waals surface area contributed by atoms with Crippen molar-refractivity contribution in [2.45, 2.75) is 53.0 Å². The van der Waals surface area contributed by atoms with Gasteiger partial charge in [0.2, 0.25) is 11.4 Å². The van der Waals surface area contributed by atoms with Gasteiger partial charge in [-0.05, 0) is 13.8 Å². The van der Waals surface area contributed by atoms with Crippen molar-refractivity contribution in [2.75, 3.05) is 0 Å². The number of Topliss-reactive ketones (excluding diaryl/α,β-unsaturated/α-hetero) is 2. The minimum atomic E-state index is -1.54. The van der Waals surface area contributed by atoms with Crippen LogP contribution in [0.2, 0.25) is 0 Å². The third-order valence-electron chi connectivity index (χ3n) is 4.77. The number of rotatable bonds is 8. The van der Waals surface area contributed by atoms with Crippen LogP contribution in [0, 0.1) is 0 Å². The number of benzene rings is 2. The highest BCUT2D eigenvalue weighted by molar-refractivity contribution is 5.94. The standard InChI is InChI=1S/C24H26N2O6/c1-15(27)19-7-11-21(12-8-19)23(5,31-17(3)29)25-26-24(6,32-18(4)30)22-13-9-20(10-14-22)16(2)28/h7-14H,1-6H3. The summed E-state index contributed by atoms with van der Waals surface area (Å²) in [5, 5.41) is 8.51. The number of hydrogen-bond donors (Lipinski definition) is 0. The Bertz CT molecular complexity index is 973. The van der Waals surface area contributed by atoms with Gasteiger partial charge in [0.05, 0.1) is 0 Å². The molecule has 2 aromatic rings. The van der Waals surface area contributed by atoms with Crippen LogP contribution in [0.1, 0.15) is 73.4 Å². The molecule has 168 valence electrons. The molecule has 0 fully saturated rings. The van der Waals surface area contributed by atoms with E-state index >= 15 is 0 Å². The molecule has 0 saturated heterocycles. The monoisotopic (exact) mass is 438 g/mol. The Morgan fingerprint density at radius 3 is 1.09 bits per heavy atom. The Balaban J connectivity index is 2.53. The lowest BCUT2D eigenvalue weighted by Crippen LogP contribution is -2.30. The van der Waals surface area contributed by atoms with Crippen LogP contribution < -0.4 is 0 Å². The fourth-order valence-electron chi connectivity index (χ4n) is 3.05. The van der Waals surface area contributed by atoms with Crippen LogP contribution in [0.5, 0.6) is 0 Å². The summed E-state index contributed by atoms with van der Waals surface area (Å²) in [7, 11) is 0. The van der Waals surface area contributed by atoms with Crippen LogP contribution in [-0.4, -0.2) is 23.5 Å². The fourth-order valence-corrected chi connectivity index (χ4v) is 3.05. The number of ketones is 2. The van der Waals surface area contributed by atoms with Crippen LogP contribution in [0.25, 0.3) is 0 Å². The van der Waals surface area contributed by atoms with Gasteiger partial charge < -0.3 is 9.47 Å². The summed E-state index contributed by atoms with van der Waals surface area (Å²) >= 11 is 0. The Morgan fingerprint density at radius 2 is 0.875 bits per heavy atom. The molecule has 0 bridgehead atoms. The summed E-state index contributed by atoms with van der Waals surface area (Å²) in [5.41, 5.74) is -1.15. The Kier molecular flexibility index (Phi) is 7.40. The van der Waals surface area contributed by atoms with Crippen molar-refractivity contribution >= 4 is 23.5 Å². The van der Waals surface area contributed by atoms with E-state index in [-0.39, 0.29) is 11.6 Å². The van der Waals surface area contributed by atoms with E-state index in [4.69, 9.17) is 9.47 Å². The number of hydrogen-bond acceptors (Lipinski definition) is 8. The van der Waals surface area contributed by atoms with Crippen LogP contribution in [-0.2, 0) is 30.5 Å². The maximum atomic E-state index is 11.8. The summed E-state index contributed by atoms with van der Waals surface area (Å²) in [6.07, 6.45) is 0. The molecule has 0 aliphatic carbocycles. The lowest BCUT2D eigenvalue weighted by molar-refractivity contribution is -0.162. The molecular weight excluding hydrogens is 412 g/mol. The van der Waals surface area contributed by atoms with Gasteiger partial charge in [-0.1, -0.05) is 48.5 Å². The summed E-state index contributed by atoms with van der Waals surface area (Å²) in [6, 6.07) is 12.9. The van der Waals surface area contributed by atoms with Crippen molar-refractivity contribution in [3.8, 4) is 0 Å². The molecule has 0 heterocycles. The smallest absolute Gasteiger partial charge is 0.305 e. The molecule has 0 saturated carbocycles. The minimum Gasteiger partial charge on any atom is -0.431 e. The molecular formula is C24H26N2O6. The molecule has 0 N–H and O–H groups in total. The minimum absolute atomic E-state index is 0.108. The summed E-state index contributed by atoms with van der Waals surface area (Å²) in [4.78, 5) is 46.7. The topological polar surface area (TPSA) is 111 Å². The van der Waals surface area contributed by atoms with Crippen molar-refractivity contribution in [1.82, 2.24) is 0 Å². The van der Waals surface area contributed by atoms with Gasteiger partial charge >= 0.3 is 11.9 Å². The molecule has 0 aliphatic rings. The molecule has 8 heteroatoms. The average Bonchev–Trinajstić information content (AvgIpc) is 2.71. The highest BCUT2D eigenvalue weighted by Crippen LogP contribution is 2.34. The zero-order chi connectivity index (χ0) is 24.1. The number of azo groups is 1. The molecule has 0 spiro atoms. The second kappa shape index (κ2) is 9.64. The lowest BCUT2D eigenvalue weighted by Gasteiger charge is -2.28. The molecule has 0 amide bonds. The predicted octanol–water partition coefficient (Wildman–Crippen LogP) is 4.72. The molecule has 2 rings (SSSR count). The number of ether oxygens (including phenoxy) is 2. The van der Waals surface area contributed by atoms with E-state index in [1.807, 2.05) is 0 Å². The van der Waals surface area contributed by atoms with Gasteiger partial charge in [-0.25, -0.2) is 0 Å². The van der Waals surface area contributed by atoms with Crippen molar-refractivity contribution in [3.05, 3.63) is 70.8 Å². The SMILES string of the molecule is CC(=O)OC(C)(N=NC(C)(OC(C)=O)c1ccc(C(C)=O)cc1)c1ccc(C(C)=O)cc1. The predicted molar refractivity (Wildman–Crippen MR) is 116 cm³/mol. The lowest BCUT2D eigenvalue weighted by atomic mass is 10.0. The van der Waals surface area contributed by atoms with Crippen LogP contribution in [0.15, 0.2) is 58.8 Å². The Morgan fingerprint density at radius 1 is 0.594 bits per heavy atom. The first-order valence-electron chi connectivity index (χ1n) is 9.92. The normalized spacial score (nSPS) is 14.8. The van der Waals surface area contributed by atoms with Crippen molar-refractivity contribution in [1.29, 1.82) is 0 Å². The van der Waals surface area contributed by atoms with E-state index in [1.54, 1.807) is 48.5 Å². The maximum Gasteiger partial charge on any atom is 0.305 e. The van der Waals surface area contributed by atoms with Gasteiger partial charge in [-0.3, -0.25) is 19.2 Å². The quantitative estimate of drug-likeness (QED) is 0.335. The van der Waals surface area contributed by atoms with E-state index in [0.29, 0.717) is 22.3 Å². The van der Waals surface area contributed by atoms with Gasteiger partial charge in [-0.15, -0.1) is 10.2 Å². The van der Waals surface area contributed by atoms with Gasteiger partial charge in [0, 0.05) is 49.9 Å². The zero-order valence-electron chi connectivity index (χ0n) is 19.0. The van der Waals surface area contributed by atoms with E-state index in [9.17, 15) is 19.2 Å². The molecule has 32 heavy (non-hydrogen) atoms. The summed E-state index contributed by atoms with van der Waals surface area (Å²) in [5.74, 6) is -1.41. The van der Waals surface area contributed by atoms with Crippen molar-refractivity contribution in [3.63, 3.8) is 0 Å². The zero-order valence-corrected chi connectivity index (χ0v) is 19.0. The van der Waals surface area contributed by atoms with Gasteiger partial charge in [-0.2, -0.15) is 0 Å². The van der Waals surface area contributed by atoms with Gasteiger partial charge in [0.15, 0.2) is 11.6 Å². The first kappa shape index (κ1) is 24.6. The van der Waals surface area contributed by atoms with Gasteiger partial charge in [0.1, 0.15) is 0 Å². The number of carbonyl (C=O) groups excluding carboxylic acids is 4. The molecule has 0 aromatic heterocycles. The number of nitrogens with zero attached hydrogens (tertiary/aromatic N) is 2. The first-order chi connectivity index (χ1) is 14.9. The van der Waals surface area contributed by atoms with E-state index in [1.165, 1.54) is 41.5 Å². The fraction of sp³-hybridized carbons (Fsp3) is 0.333. The number of carbonyl (C=O) groups is 4. The highest BCUT2D eigenvalue weighted by atomic mass is 16.6. The van der Waals surface area contributed by atoms with Crippen LogP contribution in [0.4, 0.5) is 0 Å². The molecule has 2 unspecified atom stereocenters. The van der Waals surface area contributed by atoms with Crippen molar-refractivity contribution in [2.24, 2.45) is 10.2 Å². The largest absolute Gasteiger partial charge is 0.431 e. The second-order valence-corrected chi connectivity index (χ2v) is 7.62. The van der Waals surface area contributed by atoms with Crippen molar-refractivity contribution < 1.29 is 28.7 Å². The summed E-state index contributed by atoms with van der Waals surface area (Å²) in [6.45, 7) is 8.44. The van der Waals surface area contributed by atoms with E-state index < -0.39 is 23.4 Å². The van der Waals surface area contributed by atoms with E-state index in [0.717, 1.165) is 0 Å². The van der Waals surface area contributed by atoms with Crippen LogP contribution in [0.3, 0.4) is 0 Å². The third kappa shape index (κ3) is 5.94. The Labute approximate surface area is 186 Å².